The first kappa shape index (κ1) is 29.6. The minimum absolute atomic E-state index is 0.0711. The summed E-state index contributed by atoms with van der Waals surface area (Å²) in [6, 6.07) is 18.1. The molecule has 3 N–H and O–H groups in total. The van der Waals surface area contributed by atoms with Crippen molar-refractivity contribution in [3.63, 3.8) is 0 Å². The second kappa shape index (κ2) is 14.3. The number of hydrogen-bond donors (Lipinski definition) is 3. The Labute approximate surface area is 248 Å². The number of hydrogen-bond acceptors (Lipinski definition) is 8. The number of ether oxygens (including phenoxy) is 4. The summed E-state index contributed by atoms with van der Waals surface area (Å²) < 4.78 is 38.1. The van der Waals surface area contributed by atoms with Gasteiger partial charge in [0.1, 0.15) is 18.1 Å². The van der Waals surface area contributed by atoms with E-state index in [1.165, 1.54) is 12.1 Å². The molecule has 1 aromatic heterocycles. The van der Waals surface area contributed by atoms with Gasteiger partial charge in [0.2, 0.25) is 0 Å². The molecule has 2 amide bonds. The topological polar surface area (TPSA) is 120 Å². The van der Waals surface area contributed by atoms with Crippen LogP contribution in [0.4, 0.5) is 10.1 Å². The number of anilines is 1. The number of carbonyl (C=O) groups excluding carboxylic acids is 2. The number of aromatic nitrogens is 1. The highest BCUT2D eigenvalue weighted by Crippen LogP contribution is 2.38. The summed E-state index contributed by atoms with van der Waals surface area (Å²) in [5.41, 5.74) is 0.699. The number of nitrogens with zero attached hydrogens (tertiary/aromatic N) is 1. The number of benzene rings is 3. The van der Waals surface area contributed by atoms with Crippen molar-refractivity contribution < 1.29 is 32.9 Å². The Kier molecular flexibility index (Phi) is 9.86. The predicted octanol–water partition coefficient (Wildman–Crippen LogP) is 4.69. The van der Waals surface area contributed by atoms with E-state index in [0.717, 1.165) is 32.0 Å². The van der Waals surface area contributed by atoms with Gasteiger partial charge >= 0.3 is 11.8 Å². The second-order valence-electron chi connectivity index (χ2n) is 9.95. The largest absolute Gasteiger partial charge is 0.493 e. The molecule has 10 nitrogen and oxygen atoms in total. The van der Waals surface area contributed by atoms with E-state index in [1.807, 2.05) is 18.2 Å². The van der Waals surface area contributed by atoms with Crippen molar-refractivity contribution in [3.05, 3.63) is 78.7 Å². The van der Waals surface area contributed by atoms with Gasteiger partial charge in [0.15, 0.2) is 23.1 Å². The standard InChI is InChI=1S/C32H33FN4O6/c1-40-29-18-24-26(19-30(29)42-20-21-9-12-34-13-10-21)35-14-11-27(24)43-28-8-7-22(17-25(28)33)37-32(39)31(38)36-15-16-41-23-5-3-2-4-6-23/h2-8,11,14,17-19,21,34H,9-10,12-13,15-16,20H2,1H3,(H,36,38)(H,37,39). The van der Waals surface area contributed by atoms with Crippen molar-refractivity contribution in [3.8, 4) is 28.7 Å². The lowest BCUT2D eigenvalue weighted by Gasteiger charge is -2.23. The monoisotopic (exact) mass is 588 g/mol. The molecule has 43 heavy (non-hydrogen) atoms. The number of methoxy groups -OCH3 is 1. The van der Waals surface area contributed by atoms with E-state index in [1.54, 1.807) is 43.6 Å². The molecule has 3 aromatic carbocycles. The van der Waals surface area contributed by atoms with Crippen LogP contribution >= 0.6 is 0 Å². The first-order valence-corrected chi connectivity index (χ1v) is 14.0. The Hall–Kier alpha value is -4.90. The summed E-state index contributed by atoms with van der Waals surface area (Å²) in [6.45, 7) is 2.86. The van der Waals surface area contributed by atoms with Gasteiger partial charge < -0.3 is 34.9 Å². The molecule has 1 saturated heterocycles. The number of para-hydroxylation sites is 1. The van der Waals surface area contributed by atoms with Crippen LogP contribution in [0.1, 0.15) is 12.8 Å². The first-order valence-electron chi connectivity index (χ1n) is 14.0. The van der Waals surface area contributed by atoms with E-state index in [4.69, 9.17) is 18.9 Å². The number of piperidine rings is 1. The summed E-state index contributed by atoms with van der Waals surface area (Å²) in [6.07, 6.45) is 3.67. The lowest BCUT2D eigenvalue weighted by molar-refractivity contribution is -0.136. The lowest BCUT2D eigenvalue weighted by atomic mass is 9.99. The molecule has 1 aliphatic heterocycles. The Morgan fingerprint density at radius 2 is 1.74 bits per heavy atom. The summed E-state index contributed by atoms with van der Waals surface area (Å²) in [7, 11) is 1.56. The minimum atomic E-state index is -0.932. The second-order valence-corrected chi connectivity index (χ2v) is 9.95. The molecule has 1 fully saturated rings. The number of amides is 2. The Morgan fingerprint density at radius 3 is 2.51 bits per heavy atom. The average molecular weight is 589 g/mol. The van der Waals surface area contributed by atoms with Crippen molar-refractivity contribution in [2.24, 2.45) is 5.92 Å². The number of halogens is 1. The highest BCUT2D eigenvalue weighted by atomic mass is 19.1. The van der Waals surface area contributed by atoms with Crippen LogP contribution in [0.3, 0.4) is 0 Å². The summed E-state index contributed by atoms with van der Waals surface area (Å²) >= 11 is 0. The average Bonchev–Trinajstić information content (AvgIpc) is 3.04. The first-order chi connectivity index (χ1) is 21.0. The zero-order chi connectivity index (χ0) is 30.0. The molecule has 4 aromatic rings. The fraction of sp³-hybridized carbons (Fsp3) is 0.281. The van der Waals surface area contributed by atoms with Crippen LogP contribution in [0.5, 0.6) is 28.7 Å². The molecule has 0 bridgehead atoms. The van der Waals surface area contributed by atoms with Gasteiger partial charge in [0, 0.05) is 29.4 Å². The molecule has 0 aliphatic carbocycles. The molecule has 0 spiro atoms. The van der Waals surface area contributed by atoms with Crippen LogP contribution in [-0.2, 0) is 9.59 Å². The van der Waals surface area contributed by atoms with Crippen LogP contribution in [-0.4, -0.2) is 56.8 Å². The predicted molar refractivity (Wildman–Crippen MR) is 159 cm³/mol. The van der Waals surface area contributed by atoms with Crippen molar-refractivity contribution in [2.75, 3.05) is 45.3 Å². The molecule has 0 radical (unpaired) electrons. The van der Waals surface area contributed by atoms with Gasteiger partial charge in [-0.3, -0.25) is 14.6 Å². The van der Waals surface area contributed by atoms with E-state index < -0.39 is 17.6 Å². The maximum absolute atomic E-state index is 15.0. The number of rotatable bonds is 11. The van der Waals surface area contributed by atoms with Crippen LogP contribution < -0.4 is 34.9 Å². The highest BCUT2D eigenvalue weighted by molar-refractivity contribution is 6.39. The van der Waals surface area contributed by atoms with E-state index in [9.17, 15) is 9.59 Å². The smallest absolute Gasteiger partial charge is 0.313 e. The molecule has 5 rings (SSSR count). The Bertz CT molecular complexity index is 1560. The minimum Gasteiger partial charge on any atom is -0.493 e. The van der Waals surface area contributed by atoms with Gasteiger partial charge in [-0.1, -0.05) is 18.2 Å². The molecule has 224 valence electrons. The summed E-state index contributed by atoms with van der Waals surface area (Å²) in [5.74, 6) is -0.0205. The van der Waals surface area contributed by atoms with Crippen LogP contribution in [0.2, 0.25) is 0 Å². The van der Waals surface area contributed by atoms with Crippen molar-refractivity contribution in [1.29, 1.82) is 0 Å². The highest BCUT2D eigenvalue weighted by Gasteiger charge is 2.18. The van der Waals surface area contributed by atoms with Crippen molar-refractivity contribution >= 4 is 28.4 Å². The van der Waals surface area contributed by atoms with Gasteiger partial charge in [0.05, 0.1) is 25.8 Å². The maximum Gasteiger partial charge on any atom is 0.313 e. The molecular formula is C32H33FN4O6. The molecule has 1 aliphatic rings. The molecule has 0 atom stereocenters. The summed E-state index contributed by atoms with van der Waals surface area (Å²) in [4.78, 5) is 28.9. The molecular weight excluding hydrogens is 555 g/mol. The van der Waals surface area contributed by atoms with Crippen LogP contribution in [0, 0.1) is 11.7 Å². The number of nitrogens with one attached hydrogen (secondary N) is 3. The van der Waals surface area contributed by atoms with Gasteiger partial charge in [-0.05, 0) is 68.2 Å². The normalized spacial score (nSPS) is 13.3. The van der Waals surface area contributed by atoms with Crippen LogP contribution in [0.15, 0.2) is 72.9 Å². The van der Waals surface area contributed by atoms with Crippen molar-refractivity contribution in [2.45, 2.75) is 12.8 Å². The van der Waals surface area contributed by atoms with Crippen LogP contribution in [0.25, 0.3) is 10.9 Å². The van der Waals surface area contributed by atoms with E-state index >= 15 is 4.39 Å². The van der Waals surface area contributed by atoms with E-state index in [-0.39, 0.29) is 24.6 Å². The van der Waals surface area contributed by atoms with Gasteiger partial charge in [-0.15, -0.1) is 0 Å². The third-order valence-corrected chi connectivity index (χ3v) is 6.94. The zero-order valence-electron chi connectivity index (χ0n) is 23.7. The SMILES string of the molecule is COc1cc2c(Oc3ccc(NC(=O)C(=O)NCCOc4ccccc4)cc3F)ccnc2cc1OCC1CCNCC1. The molecule has 0 unspecified atom stereocenters. The lowest BCUT2D eigenvalue weighted by Crippen LogP contribution is -2.37. The fourth-order valence-corrected chi connectivity index (χ4v) is 4.64. The zero-order valence-corrected chi connectivity index (χ0v) is 23.7. The van der Waals surface area contributed by atoms with Crippen molar-refractivity contribution in [1.82, 2.24) is 15.6 Å². The number of pyridine rings is 1. The number of fused-ring (bicyclic) bond motifs is 1. The molecule has 2 heterocycles. The van der Waals surface area contributed by atoms with Gasteiger partial charge in [-0.25, -0.2) is 4.39 Å². The number of carbonyl (C=O) groups is 2. The summed E-state index contributed by atoms with van der Waals surface area (Å²) in [5, 5.41) is 8.81. The Balaban J connectivity index is 1.19. The van der Waals surface area contributed by atoms with Gasteiger partial charge in [0.25, 0.3) is 0 Å². The Morgan fingerprint density at radius 1 is 0.930 bits per heavy atom. The van der Waals surface area contributed by atoms with E-state index in [0.29, 0.717) is 46.4 Å². The third kappa shape index (κ3) is 7.89. The van der Waals surface area contributed by atoms with Gasteiger partial charge in [-0.2, -0.15) is 0 Å². The molecule has 0 saturated carbocycles. The fourth-order valence-electron chi connectivity index (χ4n) is 4.64. The quantitative estimate of drug-likeness (QED) is 0.171. The molecule has 11 heteroatoms. The van der Waals surface area contributed by atoms with E-state index in [2.05, 4.69) is 20.9 Å². The maximum atomic E-state index is 15.0. The third-order valence-electron chi connectivity index (χ3n) is 6.94.